The van der Waals surface area contributed by atoms with Crippen LogP contribution >= 0.6 is 0 Å². The van der Waals surface area contributed by atoms with Crippen LogP contribution in [0.5, 0.6) is 0 Å². The lowest BCUT2D eigenvalue weighted by molar-refractivity contribution is 1.34. The maximum atomic E-state index is 9.30. The molecule has 0 aromatic heterocycles. The minimum absolute atomic E-state index is 0.0475. The van der Waals surface area contributed by atoms with Crippen LogP contribution in [0.2, 0.25) is 0 Å². The van der Waals surface area contributed by atoms with Gasteiger partial charge in [-0.2, -0.15) is 31.6 Å². The maximum absolute atomic E-state index is 9.30. The second-order valence-electron chi connectivity index (χ2n) is 3.74. The van der Waals surface area contributed by atoms with Crippen molar-refractivity contribution in [2.24, 2.45) is 0 Å². The lowest BCUT2D eigenvalue weighted by Crippen LogP contribution is -2.04. The minimum Gasteiger partial charge on any atom is -0.193 e. The first kappa shape index (κ1) is 15.7. The number of benzene rings is 1. The molecule has 98 valence electrons. The van der Waals surface area contributed by atoms with Gasteiger partial charge in [0.1, 0.15) is 30.3 Å². The van der Waals surface area contributed by atoms with E-state index < -0.39 is 0 Å². The van der Waals surface area contributed by atoms with Gasteiger partial charge >= 0.3 is 0 Å². The van der Waals surface area contributed by atoms with Gasteiger partial charge in [-0.05, 0) is 0 Å². The van der Waals surface area contributed by atoms with Gasteiger partial charge < -0.3 is 0 Å². The monoisotopic (exact) mass is 280 g/mol. The van der Waals surface area contributed by atoms with Crippen LogP contribution in [-0.2, 0) is 0 Å². The smallest absolute Gasteiger partial charge is 0.102 e. The topological polar surface area (TPSA) is 143 Å². The van der Waals surface area contributed by atoms with Gasteiger partial charge in [0.25, 0.3) is 0 Å². The number of nitrogens with zero attached hydrogens (tertiary/aromatic N) is 6. The molecular weight excluding hydrogens is 276 g/mol. The first-order valence-corrected chi connectivity index (χ1v) is 5.62. The molecule has 0 aliphatic rings. The molecule has 6 heteroatoms. The van der Waals surface area contributed by atoms with Crippen molar-refractivity contribution < 1.29 is 0 Å². The summed E-state index contributed by atoms with van der Waals surface area (Å²) in [5.41, 5.74) is -1.13. The molecule has 1 aromatic rings. The summed E-state index contributed by atoms with van der Waals surface area (Å²) in [6, 6.07) is 10.4. The molecule has 0 atom stereocenters. The maximum Gasteiger partial charge on any atom is 0.102 e. The summed E-state index contributed by atoms with van der Waals surface area (Å²) in [6.45, 7) is 3.51. The van der Waals surface area contributed by atoms with Crippen molar-refractivity contribution in [1.29, 1.82) is 31.6 Å². The standard InChI is InChI=1S/C16H4N6/c1-2-11-12(6-19)13(7-20)14(8-21)15(9-22)16(11)10(5-18)3-4-17/h2-3H,1H2. The molecule has 6 nitrogen and oxygen atoms in total. The van der Waals surface area contributed by atoms with E-state index in [4.69, 9.17) is 15.8 Å². The second-order valence-corrected chi connectivity index (χ2v) is 3.74. The first-order chi connectivity index (χ1) is 10.6. The predicted octanol–water partition coefficient (Wildman–Crippen LogP) is 2.25. The number of rotatable bonds is 2. The summed E-state index contributed by atoms with van der Waals surface area (Å²) in [7, 11) is 0. The van der Waals surface area contributed by atoms with Crippen molar-refractivity contribution in [3.05, 3.63) is 46.0 Å². The molecule has 0 bridgehead atoms. The Hall–Kier alpha value is -4.36. The Morgan fingerprint density at radius 3 is 1.64 bits per heavy atom. The minimum atomic E-state index is -0.304. The van der Waals surface area contributed by atoms with Crippen LogP contribution in [0.3, 0.4) is 0 Å². The molecule has 0 aliphatic carbocycles. The Morgan fingerprint density at radius 2 is 1.27 bits per heavy atom. The van der Waals surface area contributed by atoms with Crippen LogP contribution in [0.1, 0.15) is 33.4 Å². The van der Waals surface area contributed by atoms with Crippen molar-refractivity contribution >= 4 is 11.6 Å². The highest BCUT2D eigenvalue weighted by Crippen LogP contribution is 2.32. The molecule has 0 amide bonds. The zero-order valence-electron chi connectivity index (χ0n) is 11.0. The molecule has 0 unspecified atom stereocenters. The Bertz CT molecular complexity index is 954. The highest BCUT2D eigenvalue weighted by atomic mass is 14.4. The van der Waals surface area contributed by atoms with Crippen LogP contribution in [0, 0.1) is 68.0 Å². The van der Waals surface area contributed by atoms with Crippen molar-refractivity contribution in [1.82, 2.24) is 0 Å². The fourth-order valence-electron chi connectivity index (χ4n) is 1.93. The molecule has 0 saturated carbocycles. The normalized spacial score (nSPS) is 9.09. The summed E-state index contributed by atoms with van der Waals surface area (Å²) in [5.74, 6) is 0. The predicted molar refractivity (Wildman–Crippen MR) is 74.6 cm³/mol. The molecule has 0 spiro atoms. The summed E-state index contributed by atoms with van der Waals surface area (Å²) < 4.78 is 0. The van der Waals surface area contributed by atoms with E-state index in [2.05, 4.69) is 6.58 Å². The summed E-state index contributed by atoms with van der Waals surface area (Å²) in [4.78, 5) is 0. The number of hydrogen-bond donors (Lipinski definition) is 0. The summed E-state index contributed by atoms with van der Waals surface area (Å²) >= 11 is 0. The molecule has 0 aliphatic heterocycles. The Balaban J connectivity index is 4.30. The van der Waals surface area contributed by atoms with E-state index in [1.807, 2.05) is 0 Å². The average Bonchev–Trinajstić information content (AvgIpc) is 2.56. The quantitative estimate of drug-likeness (QED) is 0.760. The molecule has 1 rings (SSSR count). The second kappa shape index (κ2) is 6.70. The van der Waals surface area contributed by atoms with Crippen LogP contribution in [0.15, 0.2) is 12.7 Å². The Kier molecular flexibility index (Phi) is 4.78. The third-order valence-corrected chi connectivity index (χ3v) is 2.79. The first-order valence-electron chi connectivity index (χ1n) is 5.62. The Morgan fingerprint density at radius 1 is 0.773 bits per heavy atom. The fourth-order valence-corrected chi connectivity index (χ4v) is 1.93. The SMILES string of the molecule is C=Cc1c(C#N)c(C#N)c(C#N)c(C#N)c1C(C#N)=CC#N. The van der Waals surface area contributed by atoms with E-state index in [1.54, 1.807) is 36.4 Å². The van der Waals surface area contributed by atoms with Crippen molar-refractivity contribution in [2.75, 3.05) is 0 Å². The van der Waals surface area contributed by atoms with Gasteiger partial charge in [0.2, 0.25) is 0 Å². The fraction of sp³-hybridized carbons (Fsp3) is 0. The van der Waals surface area contributed by atoms with Gasteiger partial charge in [0, 0.05) is 17.2 Å². The van der Waals surface area contributed by atoms with E-state index in [0.717, 1.165) is 6.08 Å². The molecule has 22 heavy (non-hydrogen) atoms. The third-order valence-electron chi connectivity index (χ3n) is 2.79. The van der Waals surface area contributed by atoms with E-state index >= 15 is 0 Å². The average molecular weight is 280 g/mol. The molecular formula is C16H4N6. The van der Waals surface area contributed by atoms with Crippen molar-refractivity contribution in [3.8, 4) is 36.4 Å². The largest absolute Gasteiger partial charge is 0.193 e. The van der Waals surface area contributed by atoms with Crippen LogP contribution in [-0.4, -0.2) is 0 Å². The van der Waals surface area contributed by atoms with Crippen molar-refractivity contribution in [2.45, 2.75) is 0 Å². The Labute approximate surface area is 126 Å². The van der Waals surface area contributed by atoms with Gasteiger partial charge in [-0.15, -0.1) is 0 Å². The van der Waals surface area contributed by atoms with Crippen LogP contribution < -0.4 is 0 Å². The molecule has 1 aromatic carbocycles. The third kappa shape index (κ3) is 2.25. The molecule has 0 N–H and O–H groups in total. The lowest BCUT2D eigenvalue weighted by Gasteiger charge is -2.12. The molecule has 0 fully saturated rings. The van der Waals surface area contributed by atoms with Crippen LogP contribution in [0.4, 0.5) is 0 Å². The number of allylic oxidation sites excluding steroid dienone is 2. The van der Waals surface area contributed by atoms with E-state index in [-0.39, 0.29) is 39.0 Å². The van der Waals surface area contributed by atoms with Gasteiger partial charge in [0.15, 0.2) is 0 Å². The summed E-state index contributed by atoms with van der Waals surface area (Å²) in [5, 5.41) is 54.8. The van der Waals surface area contributed by atoms with E-state index in [1.165, 1.54) is 6.08 Å². The molecule has 0 radical (unpaired) electrons. The van der Waals surface area contributed by atoms with Gasteiger partial charge in [-0.1, -0.05) is 12.7 Å². The zero-order chi connectivity index (χ0) is 16.7. The van der Waals surface area contributed by atoms with E-state index in [9.17, 15) is 15.8 Å². The van der Waals surface area contributed by atoms with Gasteiger partial charge in [-0.25, -0.2) is 0 Å². The van der Waals surface area contributed by atoms with Crippen molar-refractivity contribution in [3.63, 3.8) is 0 Å². The molecule has 0 heterocycles. The molecule has 0 saturated heterocycles. The van der Waals surface area contributed by atoms with Crippen LogP contribution in [0.25, 0.3) is 11.6 Å². The van der Waals surface area contributed by atoms with E-state index in [0.29, 0.717) is 0 Å². The summed E-state index contributed by atoms with van der Waals surface area (Å²) in [6.07, 6.45) is 2.11. The number of nitriles is 6. The van der Waals surface area contributed by atoms with Gasteiger partial charge in [0.05, 0.1) is 33.9 Å². The van der Waals surface area contributed by atoms with Gasteiger partial charge in [-0.3, -0.25) is 0 Å². The highest BCUT2D eigenvalue weighted by molar-refractivity contribution is 5.90. The number of hydrogen-bond acceptors (Lipinski definition) is 6. The lowest BCUT2D eigenvalue weighted by atomic mass is 9.85. The highest BCUT2D eigenvalue weighted by Gasteiger charge is 2.24. The zero-order valence-corrected chi connectivity index (χ0v) is 11.0.